The van der Waals surface area contributed by atoms with Crippen molar-refractivity contribution in [2.75, 3.05) is 13.2 Å². The zero-order valence-corrected chi connectivity index (χ0v) is 42.9. The second-order valence-electron chi connectivity index (χ2n) is 19.6. The number of hydrogen-bond donors (Lipinski definition) is 12. The first-order valence-electron chi connectivity index (χ1n) is 24.6. The Morgan fingerprint density at radius 1 is 0.701 bits per heavy atom. The summed E-state index contributed by atoms with van der Waals surface area (Å²) in [6.07, 6.45) is -20.4. The molecule has 0 spiro atoms. The number of ether oxygens (including phenoxy) is 8. The van der Waals surface area contributed by atoms with Crippen molar-refractivity contribution in [3.8, 4) is 34.3 Å². The van der Waals surface area contributed by atoms with Gasteiger partial charge in [0.15, 0.2) is 30.4 Å². The molecular formula is C53H68O24. The summed E-state index contributed by atoms with van der Waals surface area (Å²) in [6.45, 7) is 12.9. The minimum Gasteiger partial charge on any atom is -0.508 e. The SMILES string of the molecule is C=CC(C)(O)CC/C=C(/C)C(=O)OC[C@@H]1O[C@H](O[C@H]2[C@H](Oc3c(-c4ccc(O)cc4)oc4cc(O[C@@H]5O[C@@H](C)[C@H](O)[C@@H](OC(=O)/C(C)=C/CCC(C)(O)C=C)[C@H]5O)cc(O)c4c3=O)O[C@H](CO)[C@@H](O)[C@@H]2O)[C@@H](O)[C@H](O)[C@H]1O. The number of rotatable bonds is 21. The molecule has 4 heterocycles. The largest absolute Gasteiger partial charge is 0.508 e. The first kappa shape index (κ1) is 60.4. The maximum atomic E-state index is 14.7. The minimum absolute atomic E-state index is 0.0402. The molecule has 0 aliphatic carbocycles. The number of carbonyl (C=O) groups excluding carboxylic acids is 2. The topological polar surface area (TPSA) is 381 Å². The number of phenolic OH excluding ortho intramolecular Hbond substituents is 2. The fourth-order valence-corrected chi connectivity index (χ4v) is 8.36. The van der Waals surface area contributed by atoms with E-state index in [1.54, 1.807) is 6.92 Å². The average molecular weight is 1090 g/mol. The van der Waals surface area contributed by atoms with Gasteiger partial charge in [-0.1, -0.05) is 24.3 Å². The summed E-state index contributed by atoms with van der Waals surface area (Å²) in [7, 11) is 0. The van der Waals surface area contributed by atoms with E-state index in [1.807, 2.05) is 0 Å². The number of fused-ring (bicyclic) bond motifs is 1. The van der Waals surface area contributed by atoms with E-state index in [4.69, 9.17) is 42.3 Å². The zero-order chi connectivity index (χ0) is 56.8. The third kappa shape index (κ3) is 14.3. The first-order valence-corrected chi connectivity index (χ1v) is 24.6. The molecule has 24 nitrogen and oxygen atoms in total. The highest BCUT2D eigenvalue weighted by molar-refractivity contribution is 5.89. The average Bonchev–Trinajstić information content (AvgIpc) is 3.39. The van der Waals surface area contributed by atoms with Crippen LogP contribution in [0.3, 0.4) is 0 Å². The van der Waals surface area contributed by atoms with E-state index in [0.29, 0.717) is 0 Å². The molecule has 3 aliphatic heterocycles. The molecule has 3 saturated heterocycles. The molecule has 0 saturated carbocycles. The molecule has 2 unspecified atom stereocenters. The highest BCUT2D eigenvalue weighted by atomic mass is 16.8. The van der Waals surface area contributed by atoms with Crippen LogP contribution in [0.2, 0.25) is 0 Å². The number of hydrogen-bond acceptors (Lipinski definition) is 24. The van der Waals surface area contributed by atoms with Crippen molar-refractivity contribution in [3.63, 3.8) is 0 Å². The predicted molar refractivity (Wildman–Crippen MR) is 267 cm³/mol. The highest BCUT2D eigenvalue weighted by Crippen LogP contribution is 2.40. The van der Waals surface area contributed by atoms with Crippen LogP contribution in [0.5, 0.6) is 23.0 Å². The van der Waals surface area contributed by atoms with Crippen LogP contribution >= 0.6 is 0 Å². The van der Waals surface area contributed by atoms with Gasteiger partial charge in [0.1, 0.15) is 83.7 Å². The van der Waals surface area contributed by atoms with E-state index in [2.05, 4.69) is 13.2 Å². The maximum Gasteiger partial charge on any atom is 0.333 e. The van der Waals surface area contributed by atoms with Gasteiger partial charge in [0.25, 0.3) is 0 Å². The number of esters is 2. The Kier molecular flexibility index (Phi) is 19.9. The van der Waals surface area contributed by atoms with Crippen LogP contribution in [0.1, 0.15) is 60.3 Å². The molecule has 12 N–H and O–H groups in total. The molecule has 0 amide bonds. The Labute approximate surface area is 441 Å². The molecule has 3 aliphatic rings. The molecule has 2 aromatic carbocycles. The number of phenols is 2. The molecular weight excluding hydrogens is 1020 g/mol. The lowest BCUT2D eigenvalue weighted by Gasteiger charge is -2.45. The summed E-state index contributed by atoms with van der Waals surface area (Å²) in [5.41, 5.74) is -3.62. The van der Waals surface area contributed by atoms with E-state index >= 15 is 0 Å². The quantitative estimate of drug-likeness (QED) is 0.0393. The maximum absolute atomic E-state index is 14.7. The van der Waals surface area contributed by atoms with E-state index in [0.717, 1.165) is 12.1 Å². The molecule has 0 radical (unpaired) electrons. The second-order valence-corrected chi connectivity index (χ2v) is 19.6. The Morgan fingerprint density at radius 2 is 1.29 bits per heavy atom. The van der Waals surface area contributed by atoms with Crippen LogP contribution < -0.4 is 14.9 Å². The second kappa shape index (κ2) is 25.3. The van der Waals surface area contributed by atoms with E-state index < -0.39 is 157 Å². The summed E-state index contributed by atoms with van der Waals surface area (Å²) < 4.78 is 52.2. The normalized spacial score (nSPS) is 31.6. The van der Waals surface area contributed by atoms with Gasteiger partial charge in [0.2, 0.25) is 23.8 Å². The van der Waals surface area contributed by atoms with Crippen LogP contribution in [-0.4, -0.2) is 190 Å². The highest BCUT2D eigenvalue weighted by Gasteiger charge is 2.52. The number of allylic oxidation sites excluding steroid dienone is 2. The van der Waals surface area contributed by atoms with Gasteiger partial charge in [-0.25, -0.2) is 9.59 Å². The fourth-order valence-electron chi connectivity index (χ4n) is 8.36. The van der Waals surface area contributed by atoms with Crippen LogP contribution in [0.25, 0.3) is 22.3 Å². The van der Waals surface area contributed by atoms with Gasteiger partial charge in [-0.2, -0.15) is 0 Å². The van der Waals surface area contributed by atoms with Crippen LogP contribution in [0.4, 0.5) is 0 Å². The standard InChI is InChI=1S/C53H68O24/c1-8-52(6,67)18-10-12-24(3)47(65)69-23-33-37(59)39(61)41(63)49(74-33)77-46-40(62)36(58)32(22-54)73-51(46)76-45-38(60)34-30(56)20-29(21-31(34)72-43(45)27-14-16-28(55)17-15-27)71-50-42(64)44(35(57)26(5)70-50)75-48(66)25(4)13-11-19-53(7,68)9-2/h8-9,12-17,20-21,26,32-33,35-37,39-42,44,46,49-51,54-59,61-64,67-68H,1-2,10-11,18-19,22-23H2,3-7H3/b24-12-,25-13+/t26-,32+,33-,35-,36+,37-,39+,40-,41-,42+,44+,46+,49+,50-,51-,52?,53?/m0/s1. The summed E-state index contributed by atoms with van der Waals surface area (Å²) >= 11 is 0. The number of carbonyl (C=O) groups is 2. The Morgan fingerprint density at radius 3 is 1.88 bits per heavy atom. The molecule has 6 rings (SSSR count). The lowest BCUT2D eigenvalue weighted by atomic mass is 9.97. The zero-order valence-electron chi connectivity index (χ0n) is 42.9. The lowest BCUT2D eigenvalue weighted by molar-refractivity contribution is -0.358. The molecule has 3 fully saturated rings. The van der Waals surface area contributed by atoms with Gasteiger partial charge in [0.05, 0.1) is 23.9 Å². The smallest absolute Gasteiger partial charge is 0.333 e. The van der Waals surface area contributed by atoms with Crippen LogP contribution in [0, 0.1) is 0 Å². The summed E-state index contributed by atoms with van der Waals surface area (Å²) in [5.74, 6) is -4.26. The van der Waals surface area contributed by atoms with Crippen LogP contribution in [0.15, 0.2) is 94.2 Å². The molecule has 17 atom stereocenters. The van der Waals surface area contributed by atoms with Crippen molar-refractivity contribution in [1.82, 2.24) is 0 Å². The molecule has 424 valence electrons. The van der Waals surface area contributed by atoms with Gasteiger partial charge in [-0.3, -0.25) is 4.79 Å². The third-order valence-corrected chi connectivity index (χ3v) is 13.4. The Hall–Kier alpha value is -5.81. The lowest BCUT2D eigenvalue weighted by Crippen LogP contribution is -2.65. The third-order valence-electron chi connectivity index (χ3n) is 13.4. The molecule has 1 aromatic heterocycles. The summed E-state index contributed by atoms with van der Waals surface area (Å²) in [4.78, 5) is 40.6. The number of benzene rings is 2. The molecule has 3 aromatic rings. The summed E-state index contributed by atoms with van der Waals surface area (Å²) in [6, 6.07) is 7.11. The number of aliphatic hydroxyl groups is 10. The van der Waals surface area contributed by atoms with Crippen molar-refractivity contribution in [1.29, 1.82) is 0 Å². The van der Waals surface area contributed by atoms with E-state index in [9.17, 15) is 75.7 Å². The molecule has 0 bridgehead atoms. The van der Waals surface area contributed by atoms with Gasteiger partial charge < -0.3 is 104 Å². The van der Waals surface area contributed by atoms with Crippen molar-refractivity contribution < 1.29 is 113 Å². The van der Waals surface area contributed by atoms with Crippen molar-refractivity contribution in [2.24, 2.45) is 0 Å². The van der Waals surface area contributed by atoms with Crippen LogP contribution in [-0.2, 0) is 38.0 Å². The molecule has 24 heteroatoms. The monoisotopic (exact) mass is 1090 g/mol. The van der Waals surface area contributed by atoms with Crippen molar-refractivity contribution >= 4 is 22.9 Å². The Bertz CT molecular complexity index is 2680. The minimum atomic E-state index is -2.10. The predicted octanol–water partition coefficient (Wildman–Crippen LogP) is 0.509. The number of aromatic hydroxyl groups is 2. The van der Waals surface area contributed by atoms with E-state index in [-0.39, 0.29) is 59.5 Å². The van der Waals surface area contributed by atoms with Gasteiger partial charge in [0, 0.05) is 28.8 Å². The molecule has 77 heavy (non-hydrogen) atoms. The van der Waals surface area contributed by atoms with Gasteiger partial charge >= 0.3 is 11.9 Å². The Balaban J connectivity index is 1.28. The van der Waals surface area contributed by atoms with E-state index in [1.165, 1.54) is 76.3 Å². The number of aliphatic hydroxyl groups excluding tert-OH is 8. The van der Waals surface area contributed by atoms with Gasteiger partial charge in [-0.05, 0) is 84.6 Å². The fraction of sp³-hybridized carbons (Fsp3) is 0.528. The van der Waals surface area contributed by atoms with Gasteiger partial charge in [-0.15, -0.1) is 13.2 Å². The first-order chi connectivity index (χ1) is 36.2. The van der Waals surface area contributed by atoms with Crippen molar-refractivity contribution in [2.45, 2.75) is 164 Å². The van der Waals surface area contributed by atoms with Crippen molar-refractivity contribution in [3.05, 3.63) is 95.2 Å². The summed E-state index contributed by atoms with van der Waals surface area (Å²) in [5, 5.41) is 129.